The van der Waals surface area contributed by atoms with Crippen LogP contribution in [0.2, 0.25) is 0 Å². The first kappa shape index (κ1) is 21.4. The van der Waals surface area contributed by atoms with Crippen LogP contribution >= 0.6 is 35.3 Å². The van der Waals surface area contributed by atoms with Gasteiger partial charge in [0.1, 0.15) is 0 Å². The van der Waals surface area contributed by atoms with Crippen LogP contribution in [0.25, 0.3) is 0 Å². The lowest BCUT2D eigenvalue weighted by Gasteiger charge is -2.21. The average molecular weight is 491 g/mol. The molecule has 1 unspecified atom stereocenters. The highest BCUT2D eigenvalue weighted by Gasteiger charge is 2.32. The van der Waals surface area contributed by atoms with E-state index >= 15 is 0 Å². The van der Waals surface area contributed by atoms with Gasteiger partial charge in [0.15, 0.2) is 5.96 Å². The molecule has 0 radical (unpaired) electrons. The summed E-state index contributed by atoms with van der Waals surface area (Å²) in [6, 6.07) is 0.276. The van der Waals surface area contributed by atoms with Gasteiger partial charge in [-0.15, -0.1) is 35.3 Å². The first-order chi connectivity index (χ1) is 12.2. The summed E-state index contributed by atoms with van der Waals surface area (Å²) in [4.78, 5) is 23.4. The maximum atomic E-state index is 12.5. The van der Waals surface area contributed by atoms with Crippen LogP contribution in [0.5, 0.6) is 0 Å². The molecule has 1 aliphatic carbocycles. The molecule has 3 rings (SSSR count). The number of hydrogen-bond donors (Lipinski definition) is 2. The van der Waals surface area contributed by atoms with Gasteiger partial charge in [0, 0.05) is 37.5 Å². The summed E-state index contributed by atoms with van der Waals surface area (Å²) in [6.45, 7) is 4.44. The second kappa shape index (κ2) is 10.4. The Bertz CT molecular complexity index is 614. The van der Waals surface area contributed by atoms with Crippen molar-refractivity contribution in [2.75, 3.05) is 20.1 Å². The molecule has 26 heavy (non-hydrogen) atoms. The Kier molecular flexibility index (Phi) is 8.59. The van der Waals surface area contributed by atoms with Gasteiger partial charge in [0.05, 0.1) is 17.2 Å². The first-order valence-corrected chi connectivity index (χ1v) is 10.3. The molecule has 2 heterocycles. The van der Waals surface area contributed by atoms with Crippen LogP contribution in [0.4, 0.5) is 0 Å². The molecule has 0 spiro atoms. The van der Waals surface area contributed by atoms with Gasteiger partial charge in [-0.05, 0) is 25.7 Å². The standard InChI is InChI=1S/C18H29N5OS.HI/c1-3-16-21-15(12-25-16)10-20-18(19-2)22-14-8-9-23(11-14)17(24)13-6-4-5-7-13;/h12-14H,3-11H2,1-2H3,(H2,19,20,22);1H. The van der Waals surface area contributed by atoms with Crippen LogP contribution < -0.4 is 10.6 Å². The fourth-order valence-electron chi connectivity index (χ4n) is 3.66. The average Bonchev–Trinajstić information content (AvgIpc) is 3.39. The van der Waals surface area contributed by atoms with E-state index in [4.69, 9.17) is 0 Å². The van der Waals surface area contributed by atoms with E-state index in [1.165, 1.54) is 12.8 Å². The van der Waals surface area contributed by atoms with E-state index in [-0.39, 0.29) is 35.9 Å². The van der Waals surface area contributed by atoms with Gasteiger partial charge in [-0.25, -0.2) is 4.98 Å². The lowest BCUT2D eigenvalue weighted by atomic mass is 10.1. The number of nitrogens with one attached hydrogen (secondary N) is 2. The van der Waals surface area contributed by atoms with E-state index in [1.54, 1.807) is 18.4 Å². The fourth-order valence-corrected chi connectivity index (χ4v) is 4.41. The number of hydrogen-bond acceptors (Lipinski definition) is 4. The third-order valence-electron chi connectivity index (χ3n) is 5.11. The van der Waals surface area contributed by atoms with E-state index in [9.17, 15) is 4.79 Å². The topological polar surface area (TPSA) is 69.6 Å². The van der Waals surface area contributed by atoms with Gasteiger partial charge >= 0.3 is 0 Å². The lowest BCUT2D eigenvalue weighted by Crippen LogP contribution is -2.45. The summed E-state index contributed by atoms with van der Waals surface area (Å²) >= 11 is 1.70. The number of aryl methyl sites for hydroxylation is 1. The lowest BCUT2D eigenvalue weighted by molar-refractivity contribution is -0.134. The molecule has 1 aliphatic heterocycles. The molecular weight excluding hydrogens is 461 g/mol. The number of aliphatic imine (C=N–C) groups is 1. The van der Waals surface area contributed by atoms with E-state index in [0.29, 0.717) is 12.5 Å². The van der Waals surface area contributed by atoms with E-state index in [0.717, 1.165) is 55.4 Å². The number of aromatic nitrogens is 1. The normalized spacial score (nSPS) is 20.9. The molecule has 2 fully saturated rings. The summed E-state index contributed by atoms with van der Waals surface area (Å²) in [5.41, 5.74) is 1.05. The molecule has 8 heteroatoms. The quantitative estimate of drug-likeness (QED) is 0.378. The van der Waals surface area contributed by atoms with Crippen molar-refractivity contribution in [3.8, 4) is 0 Å². The monoisotopic (exact) mass is 491 g/mol. The molecule has 6 nitrogen and oxygen atoms in total. The summed E-state index contributed by atoms with van der Waals surface area (Å²) in [5, 5.41) is 10.0. The van der Waals surface area contributed by atoms with Gasteiger partial charge < -0.3 is 15.5 Å². The zero-order valence-corrected chi connectivity index (χ0v) is 18.8. The number of likely N-dealkylation sites (tertiary alicyclic amines) is 1. The maximum Gasteiger partial charge on any atom is 0.225 e. The smallest absolute Gasteiger partial charge is 0.225 e. The Labute approximate surface area is 177 Å². The number of halogens is 1. The summed E-state index contributed by atoms with van der Waals surface area (Å²) < 4.78 is 0. The number of guanidine groups is 1. The largest absolute Gasteiger partial charge is 0.352 e. The van der Waals surface area contributed by atoms with E-state index in [1.807, 2.05) is 4.90 Å². The van der Waals surface area contributed by atoms with Gasteiger partial charge in [-0.1, -0.05) is 19.8 Å². The molecular formula is C18H30IN5OS. The molecule has 1 atom stereocenters. The number of carbonyl (C=O) groups is 1. The van der Waals surface area contributed by atoms with Crippen molar-refractivity contribution in [3.05, 3.63) is 16.1 Å². The van der Waals surface area contributed by atoms with Crippen LogP contribution in [0, 0.1) is 5.92 Å². The van der Waals surface area contributed by atoms with Crippen molar-refractivity contribution in [3.63, 3.8) is 0 Å². The predicted octanol–water partition coefficient (Wildman–Crippen LogP) is 2.78. The third kappa shape index (κ3) is 5.55. The molecule has 0 aromatic carbocycles. The highest BCUT2D eigenvalue weighted by atomic mass is 127. The van der Waals surface area contributed by atoms with Gasteiger partial charge in [-0.2, -0.15) is 0 Å². The summed E-state index contributed by atoms with van der Waals surface area (Å²) in [7, 11) is 1.78. The molecule has 1 amide bonds. The molecule has 146 valence electrons. The number of rotatable bonds is 5. The van der Waals surface area contributed by atoms with Crippen molar-refractivity contribution in [2.45, 2.75) is 58.0 Å². The Hall–Kier alpha value is -0.900. The van der Waals surface area contributed by atoms with Crippen LogP contribution in [-0.2, 0) is 17.8 Å². The van der Waals surface area contributed by atoms with Crippen molar-refractivity contribution in [1.29, 1.82) is 0 Å². The number of carbonyl (C=O) groups excluding carboxylic acids is 1. The van der Waals surface area contributed by atoms with Gasteiger partial charge in [0.2, 0.25) is 5.91 Å². The Morgan fingerprint density at radius 2 is 2.15 bits per heavy atom. The first-order valence-electron chi connectivity index (χ1n) is 9.38. The Morgan fingerprint density at radius 3 is 2.81 bits per heavy atom. The van der Waals surface area contributed by atoms with E-state index < -0.39 is 0 Å². The molecule has 0 bridgehead atoms. The van der Waals surface area contributed by atoms with Gasteiger partial charge in [0.25, 0.3) is 0 Å². The fraction of sp³-hybridized carbons (Fsp3) is 0.722. The van der Waals surface area contributed by atoms with Gasteiger partial charge in [-0.3, -0.25) is 9.79 Å². The Morgan fingerprint density at radius 1 is 1.38 bits per heavy atom. The van der Waals surface area contributed by atoms with Crippen molar-refractivity contribution in [1.82, 2.24) is 20.5 Å². The molecule has 1 aromatic rings. The van der Waals surface area contributed by atoms with Crippen LogP contribution in [0.1, 0.15) is 49.7 Å². The highest BCUT2D eigenvalue weighted by Crippen LogP contribution is 2.27. The number of thiazole rings is 1. The van der Waals surface area contributed by atoms with Crippen molar-refractivity contribution >= 4 is 47.2 Å². The van der Waals surface area contributed by atoms with E-state index in [2.05, 4.69) is 32.9 Å². The highest BCUT2D eigenvalue weighted by molar-refractivity contribution is 14.0. The molecule has 2 aliphatic rings. The predicted molar refractivity (Wildman–Crippen MR) is 117 cm³/mol. The zero-order valence-electron chi connectivity index (χ0n) is 15.7. The maximum absolute atomic E-state index is 12.5. The second-order valence-corrected chi connectivity index (χ2v) is 7.85. The molecule has 1 aromatic heterocycles. The minimum Gasteiger partial charge on any atom is -0.352 e. The Balaban J connectivity index is 0.00000243. The molecule has 2 N–H and O–H groups in total. The minimum absolute atomic E-state index is 0. The number of nitrogens with zero attached hydrogens (tertiary/aromatic N) is 3. The minimum atomic E-state index is 0. The second-order valence-electron chi connectivity index (χ2n) is 6.91. The van der Waals surface area contributed by atoms with Crippen LogP contribution in [0.15, 0.2) is 10.4 Å². The van der Waals surface area contributed by atoms with Crippen LogP contribution in [-0.4, -0.2) is 47.9 Å². The number of amides is 1. The summed E-state index contributed by atoms with van der Waals surface area (Å²) in [6.07, 6.45) is 6.52. The van der Waals surface area contributed by atoms with Crippen molar-refractivity contribution < 1.29 is 4.79 Å². The summed E-state index contributed by atoms with van der Waals surface area (Å²) in [5.74, 6) is 1.42. The zero-order chi connectivity index (χ0) is 17.6. The molecule has 1 saturated heterocycles. The van der Waals surface area contributed by atoms with Crippen LogP contribution in [0.3, 0.4) is 0 Å². The molecule has 1 saturated carbocycles. The van der Waals surface area contributed by atoms with Crippen molar-refractivity contribution in [2.24, 2.45) is 10.9 Å². The SMILES string of the molecule is CCc1nc(CNC(=NC)NC2CCN(C(=O)C3CCCC3)C2)cs1.I. The third-order valence-corrected chi connectivity index (χ3v) is 6.15.